The number of anilines is 2. The van der Waals surface area contributed by atoms with Crippen molar-refractivity contribution in [3.8, 4) is 5.75 Å². The van der Waals surface area contributed by atoms with E-state index in [1.807, 2.05) is 19.1 Å². The van der Waals surface area contributed by atoms with Crippen LogP contribution >= 0.6 is 11.3 Å². The van der Waals surface area contributed by atoms with Gasteiger partial charge in [0.05, 0.1) is 18.0 Å². The second kappa shape index (κ2) is 9.92. The summed E-state index contributed by atoms with van der Waals surface area (Å²) in [6, 6.07) is 5.09. The number of carbonyl (C=O) groups excluding carboxylic acids is 1. The number of aromatic nitrogens is 3. The molecular weight excluding hydrogens is 438 g/mol. The van der Waals surface area contributed by atoms with Crippen molar-refractivity contribution in [2.75, 3.05) is 23.0 Å². The van der Waals surface area contributed by atoms with E-state index in [1.165, 1.54) is 23.7 Å². The van der Waals surface area contributed by atoms with Gasteiger partial charge in [0.2, 0.25) is 15.0 Å². The molecule has 2 aromatic heterocycles. The van der Waals surface area contributed by atoms with E-state index in [9.17, 15) is 13.2 Å². The minimum atomic E-state index is -3.49. The summed E-state index contributed by atoms with van der Waals surface area (Å²) < 4.78 is 30.2. The van der Waals surface area contributed by atoms with E-state index in [0.717, 1.165) is 10.4 Å². The highest BCUT2D eigenvalue weighted by atomic mass is 32.2. The summed E-state index contributed by atoms with van der Waals surface area (Å²) in [5.41, 5.74) is 1.59. The van der Waals surface area contributed by atoms with Crippen LogP contribution in [0.1, 0.15) is 24.3 Å². The minimum Gasteiger partial charge on any atom is -0.491 e. The molecule has 0 radical (unpaired) electrons. The van der Waals surface area contributed by atoms with Crippen molar-refractivity contribution in [2.45, 2.75) is 32.3 Å². The SMILES string of the molecule is Cc1ccc(NC(=O)Nc2ncc(CCS(=O)(=O)c3ncc[nH]3)s2)c(OCC(C)C)c1. The molecule has 0 aliphatic rings. The molecule has 3 aromatic rings. The van der Waals surface area contributed by atoms with E-state index < -0.39 is 15.9 Å². The predicted octanol–water partition coefficient (Wildman–Crippen LogP) is 3.87. The second-order valence-electron chi connectivity index (χ2n) is 7.38. The van der Waals surface area contributed by atoms with Gasteiger partial charge in [0.25, 0.3) is 0 Å². The van der Waals surface area contributed by atoms with Gasteiger partial charge in [-0.3, -0.25) is 5.32 Å². The first-order valence-electron chi connectivity index (χ1n) is 9.71. The topological polar surface area (TPSA) is 126 Å². The fourth-order valence-electron chi connectivity index (χ4n) is 2.59. The Kier molecular flexibility index (Phi) is 7.29. The number of rotatable bonds is 9. The molecule has 1 aromatic carbocycles. The number of sulfone groups is 1. The fraction of sp³-hybridized carbons (Fsp3) is 0.350. The number of thiazole rings is 1. The maximum Gasteiger partial charge on any atom is 0.325 e. The third-order valence-electron chi connectivity index (χ3n) is 4.12. The summed E-state index contributed by atoms with van der Waals surface area (Å²) in [7, 11) is -3.49. The number of hydrogen-bond acceptors (Lipinski definition) is 7. The molecule has 0 saturated heterocycles. The average molecular weight is 464 g/mol. The largest absolute Gasteiger partial charge is 0.491 e. The van der Waals surface area contributed by atoms with Crippen molar-refractivity contribution in [3.05, 3.63) is 47.2 Å². The first-order chi connectivity index (χ1) is 14.7. The highest BCUT2D eigenvalue weighted by Crippen LogP contribution is 2.27. The van der Waals surface area contributed by atoms with Crippen LogP contribution in [0.5, 0.6) is 5.75 Å². The Morgan fingerprint density at radius 2 is 2.06 bits per heavy atom. The molecular formula is C20H25N5O4S2. The van der Waals surface area contributed by atoms with Crippen molar-refractivity contribution >= 4 is 38.0 Å². The van der Waals surface area contributed by atoms with Crippen LogP contribution in [-0.2, 0) is 16.3 Å². The van der Waals surface area contributed by atoms with Gasteiger partial charge in [-0.05, 0) is 37.0 Å². The number of imidazole rings is 1. The maximum atomic E-state index is 12.4. The van der Waals surface area contributed by atoms with Gasteiger partial charge in [0.1, 0.15) is 5.75 Å². The van der Waals surface area contributed by atoms with Gasteiger partial charge in [-0.25, -0.2) is 23.2 Å². The molecule has 9 nitrogen and oxygen atoms in total. The number of aryl methyl sites for hydroxylation is 2. The predicted molar refractivity (Wildman–Crippen MR) is 121 cm³/mol. The van der Waals surface area contributed by atoms with E-state index in [4.69, 9.17) is 4.74 Å². The number of urea groups is 1. The van der Waals surface area contributed by atoms with Gasteiger partial charge in [-0.15, -0.1) is 11.3 Å². The van der Waals surface area contributed by atoms with Crippen LogP contribution in [0.4, 0.5) is 15.6 Å². The van der Waals surface area contributed by atoms with Crippen molar-refractivity contribution in [3.63, 3.8) is 0 Å². The molecule has 0 fully saturated rings. The normalized spacial score (nSPS) is 11.5. The Bertz CT molecular complexity index is 1120. The monoisotopic (exact) mass is 463 g/mol. The highest BCUT2D eigenvalue weighted by Gasteiger charge is 2.18. The molecule has 3 rings (SSSR count). The maximum absolute atomic E-state index is 12.4. The third kappa shape index (κ3) is 6.53. The molecule has 0 atom stereocenters. The molecule has 0 bridgehead atoms. The zero-order chi connectivity index (χ0) is 22.4. The third-order valence-corrected chi connectivity index (χ3v) is 6.64. The van der Waals surface area contributed by atoms with Crippen molar-refractivity contribution < 1.29 is 17.9 Å². The Balaban J connectivity index is 1.58. The van der Waals surface area contributed by atoms with Crippen molar-refractivity contribution in [1.29, 1.82) is 0 Å². The molecule has 0 unspecified atom stereocenters. The summed E-state index contributed by atoms with van der Waals surface area (Å²) in [6.07, 6.45) is 4.69. The molecule has 166 valence electrons. The van der Waals surface area contributed by atoms with Gasteiger partial charge in [0.15, 0.2) is 5.13 Å². The molecule has 0 spiro atoms. The molecule has 11 heteroatoms. The molecule has 0 aliphatic carbocycles. The first kappa shape index (κ1) is 22.8. The second-order valence-corrected chi connectivity index (χ2v) is 10.5. The number of carbonyl (C=O) groups is 1. The Morgan fingerprint density at radius 3 is 2.77 bits per heavy atom. The zero-order valence-electron chi connectivity index (χ0n) is 17.5. The van der Waals surface area contributed by atoms with Gasteiger partial charge in [-0.1, -0.05) is 19.9 Å². The van der Waals surface area contributed by atoms with Crippen LogP contribution in [0.25, 0.3) is 0 Å². The zero-order valence-corrected chi connectivity index (χ0v) is 19.1. The van der Waals surface area contributed by atoms with E-state index in [0.29, 0.717) is 29.1 Å². The highest BCUT2D eigenvalue weighted by molar-refractivity contribution is 7.91. The van der Waals surface area contributed by atoms with Gasteiger partial charge < -0.3 is 15.0 Å². The molecule has 2 heterocycles. The van der Waals surface area contributed by atoms with Crippen LogP contribution in [0, 0.1) is 12.8 Å². The van der Waals surface area contributed by atoms with Gasteiger partial charge in [-0.2, -0.15) is 0 Å². The number of aromatic amines is 1. The molecule has 0 saturated carbocycles. The number of benzene rings is 1. The molecule has 0 aliphatic heterocycles. The van der Waals surface area contributed by atoms with Crippen LogP contribution in [0.3, 0.4) is 0 Å². The lowest BCUT2D eigenvalue weighted by Crippen LogP contribution is -2.20. The van der Waals surface area contributed by atoms with Crippen LogP contribution in [0.15, 0.2) is 41.9 Å². The average Bonchev–Trinajstić information content (AvgIpc) is 3.39. The molecule has 3 N–H and O–H groups in total. The molecule has 2 amide bonds. The van der Waals surface area contributed by atoms with Crippen molar-refractivity contribution in [1.82, 2.24) is 15.0 Å². The lowest BCUT2D eigenvalue weighted by molar-refractivity contribution is 0.260. The lowest BCUT2D eigenvalue weighted by Gasteiger charge is -2.14. The summed E-state index contributed by atoms with van der Waals surface area (Å²) >= 11 is 1.22. The number of nitrogens with one attached hydrogen (secondary N) is 3. The standard InChI is InChI=1S/C20H25N5O4S2/c1-13(2)12-29-17-10-14(3)4-5-16(17)24-18(26)25-19-23-11-15(30-19)6-9-31(27,28)20-21-7-8-22-20/h4-5,7-8,10-11,13H,6,9,12H2,1-3H3,(H,21,22)(H2,23,24,25,26). The Hall–Kier alpha value is -2.92. The minimum absolute atomic E-state index is 0.0525. The van der Waals surface area contributed by atoms with E-state index in [2.05, 4.69) is 39.4 Å². The Morgan fingerprint density at radius 1 is 1.26 bits per heavy atom. The summed E-state index contributed by atoms with van der Waals surface area (Å²) in [5.74, 6) is 0.855. The molecule has 31 heavy (non-hydrogen) atoms. The van der Waals surface area contributed by atoms with Gasteiger partial charge in [0, 0.05) is 23.5 Å². The van der Waals surface area contributed by atoms with Gasteiger partial charge >= 0.3 is 6.03 Å². The number of ether oxygens (including phenoxy) is 1. The first-order valence-corrected chi connectivity index (χ1v) is 12.2. The Labute approximate surface area is 185 Å². The number of hydrogen-bond donors (Lipinski definition) is 3. The van der Waals surface area contributed by atoms with Crippen LogP contribution < -0.4 is 15.4 Å². The fourth-order valence-corrected chi connectivity index (χ4v) is 4.68. The summed E-state index contributed by atoms with van der Waals surface area (Å²) in [4.78, 5) is 23.7. The van der Waals surface area contributed by atoms with Crippen LogP contribution in [-0.4, -0.2) is 41.8 Å². The quantitative estimate of drug-likeness (QED) is 0.442. The van der Waals surface area contributed by atoms with E-state index in [1.54, 1.807) is 12.3 Å². The van der Waals surface area contributed by atoms with E-state index in [-0.39, 0.29) is 17.3 Å². The van der Waals surface area contributed by atoms with Crippen molar-refractivity contribution in [2.24, 2.45) is 5.92 Å². The summed E-state index contributed by atoms with van der Waals surface area (Å²) in [6.45, 7) is 6.59. The number of amides is 2. The summed E-state index contributed by atoms with van der Waals surface area (Å²) in [5, 5.41) is 5.78. The number of nitrogens with zero attached hydrogens (tertiary/aromatic N) is 2. The smallest absolute Gasteiger partial charge is 0.325 e. The number of H-pyrrole nitrogens is 1. The van der Waals surface area contributed by atoms with Crippen LogP contribution in [0.2, 0.25) is 0 Å². The van der Waals surface area contributed by atoms with E-state index >= 15 is 0 Å². The lowest BCUT2D eigenvalue weighted by atomic mass is 10.2.